The number of hydrogen-bond acceptors (Lipinski definition) is 5. The summed E-state index contributed by atoms with van der Waals surface area (Å²) in [6, 6.07) is 20.1. The van der Waals surface area contributed by atoms with Gasteiger partial charge in [0.2, 0.25) is 5.88 Å². The van der Waals surface area contributed by atoms with Crippen molar-refractivity contribution in [2.24, 2.45) is 0 Å². The number of aromatic nitrogens is 1. The monoisotopic (exact) mass is 348 g/mol. The van der Waals surface area contributed by atoms with Crippen molar-refractivity contribution in [2.75, 3.05) is 23.5 Å². The summed E-state index contributed by atoms with van der Waals surface area (Å²) >= 11 is 0. The van der Waals surface area contributed by atoms with Crippen LogP contribution in [0.2, 0.25) is 0 Å². The van der Waals surface area contributed by atoms with Gasteiger partial charge in [0, 0.05) is 18.2 Å². The Morgan fingerprint density at radius 1 is 1.04 bits per heavy atom. The van der Waals surface area contributed by atoms with Crippen molar-refractivity contribution >= 4 is 23.1 Å². The normalized spacial score (nSPS) is 10.2. The third-order valence-electron chi connectivity index (χ3n) is 3.83. The van der Waals surface area contributed by atoms with E-state index >= 15 is 0 Å². The summed E-state index contributed by atoms with van der Waals surface area (Å²) in [6.07, 6.45) is 0. The van der Waals surface area contributed by atoms with Gasteiger partial charge in [-0.15, -0.1) is 0 Å². The Labute approximate surface area is 152 Å². The van der Waals surface area contributed by atoms with E-state index in [2.05, 4.69) is 15.6 Å². The molecule has 3 rings (SSSR count). The number of hydrogen-bond donors (Lipinski definition) is 3. The molecule has 4 N–H and O–H groups in total. The molecule has 1 heterocycles. The van der Waals surface area contributed by atoms with Crippen molar-refractivity contribution < 1.29 is 9.53 Å². The first-order chi connectivity index (χ1) is 12.7. The van der Waals surface area contributed by atoms with Crippen molar-refractivity contribution in [2.45, 2.75) is 6.54 Å². The predicted molar refractivity (Wildman–Crippen MR) is 103 cm³/mol. The fraction of sp³-hybridized carbons (Fsp3) is 0.100. The van der Waals surface area contributed by atoms with E-state index in [0.717, 1.165) is 11.4 Å². The lowest BCUT2D eigenvalue weighted by Crippen LogP contribution is -2.13. The van der Waals surface area contributed by atoms with Gasteiger partial charge in [-0.3, -0.25) is 4.79 Å². The van der Waals surface area contributed by atoms with E-state index in [1.807, 2.05) is 36.4 Å². The predicted octanol–water partition coefficient (Wildman–Crippen LogP) is 3.54. The third-order valence-corrected chi connectivity index (χ3v) is 3.83. The maximum Gasteiger partial charge on any atom is 0.255 e. The number of carbonyl (C=O) groups is 1. The first-order valence-corrected chi connectivity index (χ1v) is 8.15. The molecule has 0 radical (unpaired) electrons. The fourth-order valence-electron chi connectivity index (χ4n) is 2.40. The SMILES string of the molecule is COc1cccc(NCc2ccc(C(=O)Nc3ccccc3N)cc2)n1. The number of para-hydroxylation sites is 2. The van der Waals surface area contributed by atoms with Crippen LogP contribution in [0, 0.1) is 0 Å². The lowest BCUT2D eigenvalue weighted by atomic mass is 10.1. The lowest BCUT2D eigenvalue weighted by molar-refractivity contribution is 0.102. The largest absolute Gasteiger partial charge is 0.481 e. The lowest BCUT2D eigenvalue weighted by Gasteiger charge is -2.09. The van der Waals surface area contributed by atoms with Crippen LogP contribution in [0.15, 0.2) is 66.7 Å². The summed E-state index contributed by atoms with van der Waals surface area (Å²) in [7, 11) is 1.58. The van der Waals surface area contributed by atoms with Crippen molar-refractivity contribution in [1.82, 2.24) is 4.98 Å². The number of ether oxygens (including phenoxy) is 1. The summed E-state index contributed by atoms with van der Waals surface area (Å²) in [6.45, 7) is 0.591. The second-order valence-electron chi connectivity index (χ2n) is 5.66. The molecule has 3 aromatic rings. The molecule has 0 spiro atoms. The molecule has 0 saturated carbocycles. The molecule has 0 fully saturated rings. The van der Waals surface area contributed by atoms with Crippen LogP contribution in [0.3, 0.4) is 0 Å². The average molecular weight is 348 g/mol. The van der Waals surface area contributed by atoms with Crippen LogP contribution < -0.4 is 21.1 Å². The van der Waals surface area contributed by atoms with Crippen molar-refractivity contribution in [3.63, 3.8) is 0 Å². The van der Waals surface area contributed by atoms with Crippen LogP contribution in [0.1, 0.15) is 15.9 Å². The zero-order chi connectivity index (χ0) is 18.4. The number of nitrogen functional groups attached to an aromatic ring is 1. The molecule has 6 nitrogen and oxygen atoms in total. The standard InChI is InChI=1S/C20H20N4O2/c1-26-19-8-4-7-18(24-19)22-13-14-9-11-15(12-10-14)20(25)23-17-6-3-2-5-16(17)21/h2-12H,13,21H2,1H3,(H,22,24)(H,23,25). The highest BCUT2D eigenvalue weighted by atomic mass is 16.5. The maximum atomic E-state index is 12.3. The van der Waals surface area contributed by atoms with Crippen LogP contribution in [0.25, 0.3) is 0 Å². The van der Waals surface area contributed by atoms with E-state index in [1.54, 1.807) is 37.4 Å². The highest BCUT2D eigenvalue weighted by molar-refractivity contribution is 6.05. The van der Waals surface area contributed by atoms with Gasteiger partial charge in [0.15, 0.2) is 0 Å². The summed E-state index contributed by atoms with van der Waals surface area (Å²) in [5, 5.41) is 6.04. The Morgan fingerprint density at radius 3 is 2.54 bits per heavy atom. The van der Waals surface area contributed by atoms with E-state index in [9.17, 15) is 4.79 Å². The van der Waals surface area contributed by atoms with Gasteiger partial charge in [-0.25, -0.2) is 0 Å². The van der Waals surface area contributed by atoms with Gasteiger partial charge in [-0.1, -0.05) is 30.3 Å². The summed E-state index contributed by atoms with van der Waals surface area (Å²) < 4.78 is 5.10. The molecular weight excluding hydrogens is 328 g/mol. The minimum absolute atomic E-state index is 0.197. The van der Waals surface area contributed by atoms with Gasteiger partial charge in [0.25, 0.3) is 5.91 Å². The molecule has 0 unspecified atom stereocenters. The van der Waals surface area contributed by atoms with Crippen molar-refractivity contribution in [1.29, 1.82) is 0 Å². The van der Waals surface area contributed by atoms with E-state index in [4.69, 9.17) is 10.5 Å². The minimum atomic E-state index is -0.197. The van der Waals surface area contributed by atoms with Crippen LogP contribution in [-0.2, 0) is 6.54 Å². The molecule has 0 aliphatic carbocycles. The molecule has 132 valence electrons. The Bertz CT molecular complexity index is 894. The number of nitrogens with one attached hydrogen (secondary N) is 2. The van der Waals surface area contributed by atoms with Crippen molar-refractivity contribution in [3.05, 3.63) is 77.9 Å². The zero-order valence-electron chi connectivity index (χ0n) is 14.4. The molecule has 1 amide bonds. The van der Waals surface area contributed by atoms with Gasteiger partial charge >= 0.3 is 0 Å². The summed E-state index contributed by atoms with van der Waals surface area (Å²) in [5.41, 5.74) is 8.59. The minimum Gasteiger partial charge on any atom is -0.481 e. The Hall–Kier alpha value is -3.54. The number of nitrogens with zero attached hydrogens (tertiary/aromatic N) is 1. The molecule has 2 aromatic carbocycles. The molecule has 0 saturated heterocycles. The molecule has 0 bridgehead atoms. The smallest absolute Gasteiger partial charge is 0.255 e. The summed E-state index contributed by atoms with van der Waals surface area (Å²) in [4.78, 5) is 16.6. The van der Waals surface area contributed by atoms with Gasteiger partial charge in [0.1, 0.15) is 5.82 Å². The fourth-order valence-corrected chi connectivity index (χ4v) is 2.40. The first-order valence-electron chi connectivity index (χ1n) is 8.15. The maximum absolute atomic E-state index is 12.3. The first kappa shape index (κ1) is 17.3. The molecule has 0 atom stereocenters. The molecular formula is C20H20N4O2. The van der Waals surface area contributed by atoms with Crippen LogP contribution in [-0.4, -0.2) is 18.0 Å². The number of amides is 1. The number of nitrogens with two attached hydrogens (primary N) is 1. The van der Waals surface area contributed by atoms with Gasteiger partial charge < -0.3 is 21.1 Å². The number of carbonyl (C=O) groups excluding carboxylic acids is 1. The second kappa shape index (κ2) is 8.02. The van der Waals surface area contributed by atoms with Crippen molar-refractivity contribution in [3.8, 4) is 5.88 Å². The number of rotatable bonds is 6. The van der Waals surface area contributed by atoms with Crippen LogP contribution >= 0.6 is 0 Å². The Kier molecular flexibility index (Phi) is 5.34. The number of pyridine rings is 1. The number of methoxy groups -OCH3 is 1. The quantitative estimate of drug-likeness (QED) is 0.593. The number of anilines is 3. The van der Waals surface area contributed by atoms with Gasteiger partial charge in [-0.05, 0) is 35.9 Å². The van der Waals surface area contributed by atoms with E-state index in [0.29, 0.717) is 29.4 Å². The van der Waals surface area contributed by atoms with E-state index in [-0.39, 0.29) is 5.91 Å². The second-order valence-corrected chi connectivity index (χ2v) is 5.66. The third kappa shape index (κ3) is 4.30. The zero-order valence-corrected chi connectivity index (χ0v) is 14.4. The summed E-state index contributed by atoms with van der Waals surface area (Å²) in [5.74, 6) is 1.09. The molecule has 6 heteroatoms. The van der Waals surface area contributed by atoms with Crippen LogP contribution in [0.5, 0.6) is 5.88 Å². The highest BCUT2D eigenvalue weighted by Gasteiger charge is 2.08. The Balaban J connectivity index is 1.61. The molecule has 0 aliphatic rings. The molecule has 26 heavy (non-hydrogen) atoms. The molecule has 1 aromatic heterocycles. The van der Waals surface area contributed by atoms with E-state index in [1.165, 1.54) is 0 Å². The average Bonchev–Trinajstić information content (AvgIpc) is 2.68. The highest BCUT2D eigenvalue weighted by Crippen LogP contribution is 2.18. The van der Waals surface area contributed by atoms with E-state index < -0.39 is 0 Å². The molecule has 0 aliphatic heterocycles. The van der Waals surface area contributed by atoms with Gasteiger partial charge in [-0.2, -0.15) is 4.98 Å². The topological polar surface area (TPSA) is 89.3 Å². The van der Waals surface area contributed by atoms with Gasteiger partial charge in [0.05, 0.1) is 18.5 Å². The Morgan fingerprint density at radius 2 is 1.81 bits per heavy atom. The van der Waals surface area contributed by atoms with Crippen LogP contribution in [0.4, 0.5) is 17.2 Å². The number of benzene rings is 2.